The fourth-order valence-corrected chi connectivity index (χ4v) is 1.51. The van der Waals surface area contributed by atoms with E-state index in [1.807, 2.05) is 13.8 Å². The number of rotatable bonds is 2. The van der Waals surface area contributed by atoms with Crippen molar-refractivity contribution in [1.82, 2.24) is 5.32 Å². The van der Waals surface area contributed by atoms with Crippen LogP contribution in [-0.2, 0) is 9.59 Å². The van der Waals surface area contributed by atoms with Crippen LogP contribution in [0.15, 0.2) is 0 Å². The molecular formula is C8H13NO2. The van der Waals surface area contributed by atoms with E-state index >= 15 is 0 Å². The van der Waals surface area contributed by atoms with Crippen molar-refractivity contribution in [1.29, 1.82) is 0 Å². The lowest BCUT2D eigenvalue weighted by atomic mass is 9.84. The highest BCUT2D eigenvalue weighted by atomic mass is 16.2. The Balaban J connectivity index is 2.70. The summed E-state index contributed by atoms with van der Waals surface area (Å²) in [5.41, 5.74) is -0.425. The molecule has 0 unspecified atom stereocenters. The van der Waals surface area contributed by atoms with Crippen LogP contribution < -0.4 is 5.32 Å². The molecule has 0 bridgehead atoms. The molecule has 2 amide bonds. The molecule has 3 heteroatoms. The zero-order chi connectivity index (χ0) is 8.48. The third-order valence-corrected chi connectivity index (χ3v) is 2.15. The zero-order valence-corrected chi connectivity index (χ0v) is 6.94. The van der Waals surface area contributed by atoms with Gasteiger partial charge in [-0.2, -0.15) is 0 Å². The summed E-state index contributed by atoms with van der Waals surface area (Å²) in [6.45, 7) is 3.86. The molecule has 1 aliphatic rings. The first-order chi connectivity index (χ1) is 5.08. The molecule has 3 nitrogen and oxygen atoms in total. The first kappa shape index (κ1) is 8.24. The Bertz CT molecular complexity index is 200. The highest BCUT2D eigenvalue weighted by Gasteiger charge is 2.41. The van der Waals surface area contributed by atoms with Gasteiger partial charge in [-0.05, 0) is 6.42 Å². The van der Waals surface area contributed by atoms with E-state index in [0.29, 0.717) is 6.42 Å². The van der Waals surface area contributed by atoms with Crippen molar-refractivity contribution < 1.29 is 9.59 Å². The summed E-state index contributed by atoms with van der Waals surface area (Å²) in [7, 11) is 0. The van der Waals surface area contributed by atoms with E-state index in [9.17, 15) is 9.59 Å². The van der Waals surface area contributed by atoms with Crippen molar-refractivity contribution in [3.8, 4) is 0 Å². The van der Waals surface area contributed by atoms with Crippen LogP contribution in [0.2, 0.25) is 0 Å². The van der Waals surface area contributed by atoms with Gasteiger partial charge in [0.15, 0.2) is 0 Å². The second kappa shape index (κ2) is 2.64. The molecule has 0 aromatic carbocycles. The van der Waals surface area contributed by atoms with Gasteiger partial charge >= 0.3 is 0 Å². The Morgan fingerprint density at radius 1 is 1.55 bits per heavy atom. The molecule has 1 saturated heterocycles. The number of nitrogens with one attached hydrogen (secondary N) is 1. The second-order valence-corrected chi connectivity index (χ2v) is 3.36. The summed E-state index contributed by atoms with van der Waals surface area (Å²) < 4.78 is 0. The summed E-state index contributed by atoms with van der Waals surface area (Å²) in [5, 5.41) is 2.31. The predicted octanol–water partition coefficient (Wildman–Crippen LogP) is 0.839. The summed E-state index contributed by atoms with van der Waals surface area (Å²) in [6.07, 6.45) is 2.10. The highest BCUT2D eigenvalue weighted by molar-refractivity contribution is 6.05. The average molecular weight is 155 g/mol. The molecule has 0 aromatic rings. The molecular weight excluding hydrogens is 142 g/mol. The van der Waals surface area contributed by atoms with E-state index in [1.165, 1.54) is 0 Å². The molecule has 1 N–H and O–H groups in total. The van der Waals surface area contributed by atoms with Gasteiger partial charge in [0.05, 0.1) is 5.41 Å². The molecule has 1 fully saturated rings. The molecule has 0 radical (unpaired) electrons. The van der Waals surface area contributed by atoms with Crippen molar-refractivity contribution in [2.75, 3.05) is 0 Å². The van der Waals surface area contributed by atoms with Gasteiger partial charge in [-0.15, -0.1) is 0 Å². The van der Waals surface area contributed by atoms with Crippen LogP contribution in [0.25, 0.3) is 0 Å². The molecule has 0 spiro atoms. The number of carbonyl (C=O) groups is 2. The Kier molecular flexibility index (Phi) is 1.98. The normalized spacial score (nSPS) is 30.7. The van der Waals surface area contributed by atoms with Crippen molar-refractivity contribution in [2.45, 2.75) is 33.1 Å². The molecule has 1 aliphatic heterocycles. The van der Waals surface area contributed by atoms with Crippen LogP contribution in [0, 0.1) is 5.41 Å². The molecule has 62 valence electrons. The fourth-order valence-electron chi connectivity index (χ4n) is 1.51. The van der Waals surface area contributed by atoms with Crippen LogP contribution in [0.5, 0.6) is 0 Å². The number of hydrogen-bond donors (Lipinski definition) is 1. The largest absolute Gasteiger partial charge is 0.296 e. The van der Waals surface area contributed by atoms with Crippen molar-refractivity contribution in [2.24, 2.45) is 5.41 Å². The molecule has 11 heavy (non-hydrogen) atoms. The van der Waals surface area contributed by atoms with Gasteiger partial charge in [0, 0.05) is 6.42 Å². The fraction of sp³-hybridized carbons (Fsp3) is 0.750. The van der Waals surface area contributed by atoms with Crippen LogP contribution in [0.3, 0.4) is 0 Å². The minimum atomic E-state index is -0.425. The molecule has 1 rings (SSSR count). The minimum Gasteiger partial charge on any atom is -0.296 e. The Hall–Kier alpha value is -0.860. The maximum absolute atomic E-state index is 11.2. The van der Waals surface area contributed by atoms with Crippen molar-refractivity contribution in [3.05, 3.63) is 0 Å². The number of imide groups is 1. The van der Waals surface area contributed by atoms with E-state index in [2.05, 4.69) is 5.32 Å². The molecule has 1 atom stereocenters. The van der Waals surface area contributed by atoms with Gasteiger partial charge in [0.2, 0.25) is 11.8 Å². The number of hydrogen-bond acceptors (Lipinski definition) is 2. The number of amides is 2. The third kappa shape index (κ3) is 1.42. The van der Waals surface area contributed by atoms with Gasteiger partial charge in [-0.1, -0.05) is 20.3 Å². The maximum Gasteiger partial charge on any atom is 0.233 e. The van der Waals surface area contributed by atoms with Crippen LogP contribution in [0.1, 0.15) is 33.1 Å². The second-order valence-electron chi connectivity index (χ2n) is 3.36. The Morgan fingerprint density at radius 3 is 2.55 bits per heavy atom. The van der Waals surface area contributed by atoms with Gasteiger partial charge in [0.25, 0.3) is 0 Å². The molecule has 0 saturated carbocycles. The Morgan fingerprint density at radius 2 is 2.18 bits per heavy atom. The van der Waals surface area contributed by atoms with E-state index in [-0.39, 0.29) is 11.8 Å². The monoisotopic (exact) mass is 155 g/mol. The molecule has 0 aromatic heterocycles. The topological polar surface area (TPSA) is 46.2 Å². The van der Waals surface area contributed by atoms with Crippen molar-refractivity contribution in [3.63, 3.8) is 0 Å². The third-order valence-electron chi connectivity index (χ3n) is 2.15. The Labute approximate surface area is 66.2 Å². The molecule has 1 heterocycles. The standard InChI is InChI=1S/C8H13NO2/c1-3-4-8(2)5-6(10)9-7(8)11/h3-5H2,1-2H3,(H,9,10,11)/t8-/m0/s1. The van der Waals surface area contributed by atoms with Gasteiger partial charge in [-0.3, -0.25) is 14.9 Å². The SMILES string of the molecule is CCC[C@@]1(C)CC(=O)NC1=O. The van der Waals surface area contributed by atoms with Crippen LogP contribution >= 0.6 is 0 Å². The van der Waals surface area contributed by atoms with E-state index in [0.717, 1.165) is 12.8 Å². The highest BCUT2D eigenvalue weighted by Crippen LogP contribution is 2.31. The summed E-state index contributed by atoms with van der Waals surface area (Å²) in [4.78, 5) is 22.0. The summed E-state index contributed by atoms with van der Waals surface area (Å²) >= 11 is 0. The quantitative estimate of drug-likeness (QED) is 0.600. The van der Waals surface area contributed by atoms with E-state index in [4.69, 9.17) is 0 Å². The summed E-state index contributed by atoms with van der Waals surface area (Å²) in [5.74, 6) is -0.240. The van der Waals surface area contributed by atoms with Gasteiger partial charge < -0.3 is 0 Å². The minimum absolute atomic E-state index is 0.107. The van der Waals surface area contributed by atoms with Crippen LogP contribution in [-0.4, -0.2) is 11.8 Å². The van der Waals surface area contributed by atoms with Crippen molar-refractivity contribution >= 4 is 11.8 Å². The number of carbonyl (C=O) groups excluding carboxylic acids is 2. The van der Waals surface area contributed by atoms with Crippen LogP contribution in [0.4, 0.5) is 0 Å². The summed E-state index contributed by atoms with van der Waals surface area (Å²) in [6, 6.07) is 0. The first-order valence-corrected chi connectivity index (χ1v) is 3.93. The average Bonchev–Trinajstić information content (AvgIpc) is 2.08. The predicted molar refractivity (Wildman–Crippen MR) is 40.8 cm³/mol. The lowest BCUT2D eigenvalue weighted by Crippen LogP contribution is -2.28. The van der Waals surface area contributed by atoms with Gasteiger partial charge in [-0.25, -0.2) is 0 Å². The first-order valence-electron chi connectivity index (χ1n) is 3.93. The lowest BCUT2D eigenvalue weighted by molar-refractivity contribution is -0.128. The zero-order valence-electron chi connectivity index (χ0n) is 6.94. The molecule has 0 aliphatic carbocycles. The smallest absolute Gasteiger partial charge is 0.233 e. The van der Waals surface area contributed by atoms with E-state index < -0.39 is 5.41 Å². The van der Waals surface area contributed by atoms with Gasteiger partial charge in [0.1, 0.15) is 0 Å². The maximum atomic E-state index is 11.2. The van der Waals surface area contributed by atoms with E-state index in [1.54, 1.807) is 0 Å². The lowest BCUT2D eigenvalue weighted by Gasteiger charge is -2.17.